The van der Waals surface area contributed by atoms with E-state index < -0.39 is 22.0 Å². The Hall–Kier alpha value is -2.18. The number of sulfonamides is 1. The second kappa shape index (κ2) is 7.37. The van der Waals surface area contributed by atoms with Gasteiger partial charge in [-0.05, 0) is 61.9 Å². The van der Waals surface area contributed by atoms with Gasteiger partial charge in [-0.3, -0.25) is 0 Å². The summed E-state index contributed by atoms with van der Waals surface area (Å²) >= 11 is 0. The van der Waals surface area contributed by atoms with Crippen molar-refractivity contribution in [1.82, 2.24) is 4.72 Å². The van der Waals surface area contributed by atoms with Crippen molar-refractivity contribution in [1.29, 1.82) is 0 Å². The molecule has 0 aliphatic rings. The fourth-order valence-corrected chi connectivity index (χ4v) is 4.65. The lowest BCUT2D eigenvalue weighted by Crippen LogP contribution is -2.49. The Kier molecular flexibility index (Phi) is 5.65. The molecule has 0 heterocycles. The first-order valence-corrected chi connectivity index (χ1v) is 9.46. The minimum absolute atomic E-state index is 0.0191. The van der Waals surface area contributed by atoms with Crippen LogP contribution in [-0.2, 0) is 21.2 Å². The summed E-state index contributed by atoms with van der Waals surface area (Å²) in [6, 6.07) is 9.43. The van der Waals surface area contributed by atoms with Gasteiger partial charge >= 0.3 is 0 Å². The maximum absolute atomic E-state index is 12.9. The van der Waals surface area contributed by atoms with Crippen molar-refractivity contribution >= 4 is 16.0 Å². The number of aryl methyl sites for hydroxylation is 2. The SMILES string of the molecule is Cc1cc(C)c(C)c(S(=O)(=O)N[C@@H](Cc2ccccc2)C(=O)[O-])c1C. The van der Waals surface area contributed by atoms with Crippen LogP contribution >= 0.6 is 0 Å². The fraction of sp³-hybridized carbons (Fsp3) is 0.316. The number of hydrogen-bond donors (Lipinski definition) is 1. The third-order valence-electron chi connectivity index (χ3n) is 4.43. The van der Waals surface area contributed by atoms with Gasteiger partial charge in [0.15, 0.2) is 0 Å². The van der Waals surface area contributed by atoms with Gasteiger partial charge in [-0.2, -0.15) is 0 Å². The van der Waals surface area contributed by atoms with Crippen LogP contribution in [0.1, 0.15) is 27.8 Å². The number of rotatable bonds is 6. The molecule has 2 rings (SSSR count). The van der Waals surface area contributed by atoms with Crippen LogP contribution in [0.3, 0.4) is 0 Å². The van der Waals surface area contributed by atoms with Gasteiger partial charge in [0.25, 0.3) is 0 Å². The topological polar surface area (TPSA) is 86.3 Å². The maximum Gasteiger partial charge on any atom is 0.241 e. The highest BCUT2D eigenvalue weighted by Crippen LogP contribution is 2.26. The Balaban J connectivity index is 2.41. The van der Waals surface area contributed by atoms with Gasteiger partial charge in [0.05, 0.1) is 16.9 Å². The third-order valence-corrected chi connectivity index (χ3v) is 6.18. The largest absolute Gasteiger partial charge is 0.548 e. The highest BCUT2D eigenvalue weighted by Gasteiger charge is 2.26. The summed E-state index contributed by atoms with van der Waals surface area (Å²) in [5.74, 6) is -1.45. The zero-order valence-electron chi connectivity index (χ0n) is 14.8. The van der Waals surface area contributed by atoms with Gasteiger partial charge in [-0.15, -0.1) is 0 Å². The minimum atomic E-state index is -4.00. The molecule has 1 atom stereocenters. The Morgan fingerprint density at radius 2 is 1.56 bits per heavy atom. The monoisotopic (exact) mass is 360 g/mol. The summed E-state index contributed by atoms with van der Waals surface area (Å²) in [4.78, 5) is 11.6. The predicted molar refractivity (Wildman–Crippen MR) is 94.7 cm³/mol. The van der Waals surface area contributed by atoms with Crippen molar-refractivity contribution < 1.29 is 18.3 Å². The lowest BCUT2D eigenvalue weighted by atomic mass is 10.0. The van der Waals surface area contributed by atoms with Crippen molar-refractivity contribution in [3.8, 4) is 0 Å². The van der Waals surface area contributed by atoms with Crippen LogP contribution in [-0.4, -0.2) is 20.4 Å². The van der Waals surface area contributed by atoms with Crippen molar-refractivity contribution in [3.63, 3.8) is 0 Å². The van der Waals surface area contributed by atoms with E-state index in [1.807, 2.05) is 26.0 Å². The highest BCUT2D eigenvalue weighted by molar-refractivity contribution is 7.89. The standard InChI is InChI=1S/C19H23NO4S/c1-12-10-13(2)15(4)18(14(12)3)25(23,24)20-17(19(21)22)11-16-8-6-5-7-9-16/h5-10,17,20H,11H2,1-4H3,(H,21,22)/p-1/t17-/m0/s1. The van der Waals surface area contributed by atoms with Gasteiger partial charge in [-0.1, -0.05) is 36.4 Å². The predicted octanol–water partition coefficient (Wildman–Crippen LogP) is 1.56. The zero-order chi connectivity index (χ0) is 18.8. The van der Waals surface area contributed by atoms with Gasteiger partial charge < -0.3 is 9.90 Å². The first-order valence-electron chi connectivity index (χ1n) is 7.98. The Morgan fingerprint density at radius 3 is 2.04 bits per heavy atom. The van der Waals surface area contributed by atoms with E-state index in [-0.39, 0.29) is 11.3 Å². The van der Waals surface area contributed by atoms with Gasteiger partial charge in [0.2, 0.25) is 10.0 Å². The van der Waals surface area contributed by atoms with E-state index in [0.29, 0.717) is 16.7 Å². The Bertz CT molecular complexity index is 863. The van der Waals surface area contributed by atoms with Crippen molar-refractivity contribution in [2.45, 2.75) is 45.1 Å². The molecular weight excluding hydrogens is 338 g/mol. The van der Waals surface area contributed by atoms with Crippen LogP contribution in [0.15, 0.2) is 41.3 Å². The molecule has 0 amide bonds. The first kappa shape index (κ1) is 19.1. The summed E-state index contributed by atoms with van der Waals surface area (Å²) in [5.41, 5.74) is 3.64. The number of carboxylic acid groups (broad SMARTS) is 1. The molecule has 134 valence electrons. The Labute approximate surface area is 148 Å². The van der Waals surface area contributed by atoms with E-state index in [2.05, 4.69) is 4.72 Å². The molecule has 2 aromatic rings. The summed E-state index contributed by atoms with van der Waals surface area (Å²) in [5, 5.41) is 11.5. The summed E-state index contributed by atoms with van der Waals surface area (Å²) in [6.45, 7) is 7.12. The van der Waals surface area contributed by atoms with Crippen LogP contribution in [0, 0.1) is 27.7 Å². The molecule has 0 aromatic heterocycles. The van der Waals surface area contributed by atoms with Gasteiger partial charge in [-0.25, -0.2) is 13.1 Å². The molecule has 0 bridgehead atoms. The number of carboxylic acids is 1. The number of nitrogens with one attached hydrogen (secondary N) is 1. The molecular formula is C19H22NO4S-. The lowest BCUT2D eigenvalue weighted by Gasteiger charge is -2.22. The zero-order valence-corrected chi connectivity index (χ0v) is 15.6. The lowest BCUT2D eigenvalue weighted by molar-refractivity contribution is -0.307. The maximum atomic E-state index is 12.9. The Morgan fingerprint density at radius 1 is 1.04 bits per heavy atom. The average molecular weight is 360 g/mol. The van der Waals surface area contributed by atoms with E-state index in [4.69, 9.17) is 0 Å². The molecule has 0 saturated carbocycles. The number of carbonyl (C=O) groups excluding carboxylic acids is 1. The molecule has 5 nitrogen and oxygen atoms in total. The second-order valence-electron chi connectivity index (χ2n) is 6.27. The van der Waals surface area contributed by atoms with Crippen LogP contribution in [0.25, 0.3) is 0 Å². The number of hydrogen-bond acceptors (Lipinski definition) is 4. The molecule has 0 aliphatic carbocycles. The molecule has 0 radical (unpaired) electrons. The molecule has 25 heavy (non-hydrogen) atoms. The normalized spacial score (nSPS) is 12.8. The van der Waals surface area contributed by atoms with Crippen LogP contribution in [0.2, 0.25) is 0 Å². The van der Waals surface area contributed by atoms with Gasteiger partial charge in [0.1, 0.15) is 0 Å². The van der Waals surface area contributed by atoms with Crippen molar-refractivity contribution in [3.05, 3.63) is 64.2 Å². The summed E-state index contributed by atoms with van der Waals surface area (Å²) in [6.07, 6.45) is 0.0191. The molecule has 0 aliphatic heterocycles. The average Bonchev–Trinajstić information content (AvgIpc) is 2.53. The van der Waals surface area contributed by atoms with Crippen LogP contribution in [0.5, 0.6) is 0 Å². The van der Waals surface area contributed by atoms with Crippen LogP contribution in [0.4, 0.5) is 0 Å². The summed E-state index contributed by atoms with van der Waals surface area (Å²) < 4.78 is 28.1. The van der Waals surface area contributed by atoms with E-state index in [1.54, 1.807) is 38.1 Å². The number of benzene rings is 2. The highest BCUT2D eigenvalue weighted by atomic mass is 32.2. The molecule has 0 saturated heterocycles. The van der Waals surface area contributed by atoms with E-state index in [9.17, 15) is 18.3 Å². The molecule has 0 fully saturated rings. The third kappa shape index (κ3) is 4.27. The molecule has 2 aromatic carbocycles. The molecule has 1 N–H and O–H groups in total. The van der Waals surface area contributed by atoms with E-state index in [0.717, 1.165) is 11.1 Å². The first-order chi connectivity index (χ1) is 11.6. The van der Waals surface area contributed by atoms with Crippen molar-refractivity contribution in [2.24, 2.45) is 0 Å². The molecule has 6 heteroatoms. The van der Waals surface area contributed by atoms with Gasteiger partial charge in [0, 0.05) is 0 Å². The number of aliphatic carboxylic acids is 1. The van der Waals surface area contributed by atoms with Crippen LogP contribution < -0.4 is 9.83 Å². The molecule has 0 spiro atoms. The smallest absolute Gasteiger partial charge is 0.241 e. The molecule has 0 unspecified atom stereocenters. The number of carbonyl (C=O) groups is 1. The second-order valence-corrected chi connectivity index (χ2v) is 7.92. The summed E-state index contributed by atoms with van der Waals surface area (Å²) in [7, 11) is -4.00. The quantitative estimate of drug-likeness (QED) is 0.847. The fourth-order valence-electron chi connectivity index (χ4n) is 2.85. The van der Waals surface area contributed by atoms with E-state index >= 15 is 0 Å². The van der Waals surface area contributed by atoms with Crippen molar-refractivity contribution in [2.75, 3.05) is 0 Å². The van der Waals surface area contributed by atoms with E-state index in [1.165, 1.54) is 0 Å². The minimum Gasteiger partial charge on any atom is -0.548 e.